The molecule has 0 aromatic carbocycles. The lowest BCUT2D eigenvalue weighted by Gasteiger charge is -2.16. The summed E-state index contributed by atoms with van der Waals surface area (Å²) in [6.45, 7) is 4.25. The molecule has 0 bridgehead atoms. The van der Waals surface area contributed by atoms with Crippen molar-refractivity contribution in [2.24, 2.45) is 0 Å². The van der Waals surface area contributed by atoms with Crippen molar-refractivity contribution in [2.45, 2.75) is 19.0 Å². The molecule has 0 radical (unpaired) electrons. The first-order valence-electron chi connectivity index (χ1n) is 3.31. The summed E-state index contributed by atoms with van der Waals surface area (Å²) < 4.78 is 0. The normalized spacial score (nSPS) is 11.5. The molecule has 1 rings (SSSR count). The van der Waals surface area contributed by atoms with Gasteiger partial charge in [-0.3, -0.25) is 4.98 Å². The van der Waals surface area contributed by atoms with Crippen molar-refractivity contribution in [3.05, 3.63) is 30.1 Å². The summed E-state index contributed by atoms with van der Waals surface area (Å²) in [4.78, 5) is 4.23. The molecule has 1 aromatic rings. The van der Waals surface area contributed by atoms with Crippen LogP contribution in [0.4, 0.5) is 0 Å². The molecule has 0 aliphatic carbocycles. The van der Waals surface area contributed by atoms with Crippen LogP contribution in [-0.2, 0) is 5.16 Å². The largest absolute Gasteiger partial charge is 0.260 e. The van der Waals surface area contributed by atoms with Gasteiger partial charge in [-0.15, -0.1) is 9.24 Å². The standard InChI is InChI=1S/C8H12NP/c1-8(2,10)7-5-3-4-6-9-7/h3-6H,10H2,1-2H3. The molecule has 1 nitrogen and oxygen atoms in total. The van der Waals surface area contributed by atoms with Crippen molar-refractivity contribution in [3.8, 4) is 0 Å². The Morgan fingerprint density at radius 1 is 1.40 bits per heavy atom. The average molecular weight is 153 g/mol. The van der Waals surface area contributed by atoms with Crippen LogP contribution in [0.15, 0.2) is 24.4 Å². The highest BCUT2D eigenvalue weighted by Gasteiger charge is 2.13. The van der Waals surface area contributed by atoms with Crippen LogP contribution in [0.5, 0.6) is 0 Å². The van der Waals surface area contributed by atoms with Crippen LogP contribution in [0.1, 0.15) is 19.5 Å². The SMILES string of the molecule is CC(C)(P)c1ccccn1. The quantitative estimate of drug-likeness (QED) is 0.563. The Kier molecular flexibility index (Phi) is 2.05. The van der Waals surface area contributed by atoms with Crippen LogP contribution in [-0.4, -0.2) is 4.98 Å². The number of aromatic nitrogens is 1. The van der Waals surface area contributed by atoms with Crippen LogP contribution >= 0.6 is 9.24 Å². The first-order chi connectivity index (χ1) is 4.61. The lowest BCUT2D eigenvalue weighted by atomic mass is 10.1. The number of nitrogens with zero attached hydrogens (tertiary/aromatic N) is 1. The van der Waals surface area contributed by atoms with E-state index in [1.54, 1.807) is 0 Å². The smallest absolute Gasteiger partial charge is 0.0497 e. The van der Waals surface area contributed by atoms with Crippen molar-refractivity contribution in [3.63, 3.8) is 0 Å². The van der Waals surface area contributed by atoms with Crippen LogP contribution in [0, 0.1) is 0 Å². The second-order valence-electron chi connectivity index (χ2n) is 2.94. The van der Waals surface area contributed by atoms with Gasteiger partial charge in [0, 0.05) is 17.0 Å². The fourth-order valence-corrected chi connectivity index (χ4v) is 0.915. The predicted octanol–water partition coefficient (Wildman–Crippen LogP) is 2.19. The minimum Gasteiger partial charge on any atom is -0.260 e. The number of hydrogen-bond acceptors (Lipinski definition) is 1. The highest BCUT2D eigenvalue weighted by molar-refractivity contribution is 7.18. The molecule has 1 aromatic heterocycles. The molecule has 1 heterocycles. The van der Waals surface area contributed by atoms with Crippen LogP contribution in [0.2, 0.25) is 0 Å². The lowest BCUT2D eigenvalue weighted by Crippen LogP contribution is -2.08. The van der Waals surface area contributed by atoms with Gasteiger partial charge in [-0.1, -0.05) is 19.9 Å². The van der Waals surface area contributed by atoms with E-state index < -0.39 is 0 Å². The molecule has 2 heteroatoms. The first-order valence-corrected chi connectivity index (χ1v) is 3.89. The summed E-state index contributed by atoms with van der Waals surface area (Å²) in [6, 6.07) is 5.97. The van der Waals surface area contributed by atoms with Crippen LogP contribution in [0.3, 0.4) is 0 Å². The van der Waals surface area contributed by atoms with Gasteiger partial charge in [-0.25, -0.2) is 0 Å². The average Bonchev–Trinajstić information content (AvgIpc) is 1.88. The van der Waals surface area contributed by atoms with Gasteiger partial charge in [-0.2, -0.15) is 0 Å². The van der Waals surface area contributed by atoms with E-state index in [4.69, 9.17) is 0 Å². The highest BCUT2D eigenvalue weighted by atomic mass is 31.0. The van der Waals surface area contributed by atoms with E-state index in [2.05, 4.69) is 28.1 Å². The molecule has 0 spiro atoms. The first kappa shape index (κ1) is 7.68. The monoisotopic (exact) mass is 153 g/mol. The van der Waals surface area contributed by atoms with E-state index in [0.717, 1.165) is 5.69 Å². The van der Waals surface area contributed by atoms with Crippen molar-refractivity contribution < 1.29 is 0 Å². The molecule has 1 atom stereocenters. The van der Waals surface area contributed by atoms with Crippen molar-refractivity contribution in [2.75, 3.05) is 0 Å². The molecule has 0 fully saturated rings. The van der Waals surface area contributed by atoms with Gasteiger partial charge >= 0.3 is 0 Å². The summed E-state index contributed by atoms with van der Waals surface area (Å²) in [5, 5.41) is 0.0985. The Bertz CT molecular complexity index is 200. The minimum absolute atomic E-state index is 0.0985. The molecule has 0 saturated carbocycles. The maximum absolute atomic E-state index is 4.23. The Balaban J connectivity index is 2.97. The molecule has 0 aliphatic heterocycles. The molecule has 1 unspecified atom stereocenters. The maximum atomic E-state index is 4.23. The summed E-state index contributed by atoms with van der Waals surface area (Å²) in [5.41, 5.74) is 1.11. The van der Waals surface area contributed by atoms with Gasteiger partial charge < -0.3 is 0 Å². The van der Waals surface area contributed by atoms with Gasteiger partial charge in [-0.05, 0) is 12.1 Å². The molecule has 10 heavy (non-hydrogen) atoms. The molecular weight excluding hydrogens is 141 g/mol. The van der Waals surface area contributed by atoms with E-state index in [1.807, 2.05) is 24.4 Å². The Morgan fingerprint density at radius 2 is 2.10 bits per heavy atom. The third-order valence-corrected chi connectivity index (χ3v) is 1.62. The number of pyridine rings is 1. The van der Waals surface area contributed by atoms with Crippen molar-refractivity contribution in [1.82, 2.24) is 4.98 Å². The zero-order valence-corrected chi connectivity index (χ0v) is 7.49. The molecule has 0 N–H and O–H groups in total. The lowest BCUT2D eigenvalue weighted by molar-refractivity contribution is 0.747. The second kappa shape index (κ2) is 2.67. The summed E-state index contributed by atoms with van der Waals surface area (Å²) in [6.07, 6.45) is 1.82. The molecule has 0 aliphatic rings. The maximum Gasteiger partial charge on any atom is 0.0497 e. The highest BCUT2D eigenvalue weighted by Crippen LogP contribution is 2.27. The number of hydrogen-bond donors (Lipinski definition) is 0. The van der Waals surface area contributed by atoms with E-state index >= 15 is 0 Å². The van der Waals surface area contributed by atoms with Crippen LogP contribution in [0.25, 0.3) is 0 Å². The van der Waals surface area contributed by atoms with Crippen molar-refractivity contribution >= 4 is 9.24 Å². The predicted molar refractivity (Wildman–Crippen MR) is 47.0 cm³/mol. The zero-order valence-electron chi connectivity index (χ0n) is 6.33. The van der Waals surface area contributed by atoms with E-state index in [0.29, 0.717) is 0 Å². The van der Waals surface area contributed by atoms with Gasteiger partial charge in [0.1, 0.15) is 0 Å². The molecule has 0 saturated heterocycles. The van der Waals surface area contributed by atoms with Crippen LogP contribution < -0.4 is 0 Å². The van der Waals surface area contributed by atoms with Crippen molar-refractivity contribution in [1.29, 1.82) is 0 Å². The van der Waals surface area contributed by atoms with E-state index in [1.165, 1.54) is 0 Å². The van der Waals surface area contributed by atoms with E-state index in [9.17, 15) is 0 Å². The Labute approximate surface area is 64.1 Å². The molecule has 54 valence electrons. The van der Waals surface area contributed by atoms with Gasteiger partial charge in [0.05, 0.1) is 0 Å². The van der Waals surface area contributed by atoms with Gasteiger partial charge in [0.2, 0.25) is 0 Å². The van der Waals surface area contributed by atoms with Gasteiger partial charge in [0.15, 0.2) is 0 Å². The third kappa shape index (κ3) is 1.78. The fourth-order valence-electron chi connectivity index (χ4n) is 0.744. The number of rotatable bonds is 1. The second-order valence-corrected chi connectivity index (χ2v) is 4.38. The fraction of sp³-hybridized carbons (Fsp3) is 0.375. The molecular formula is C8H12NP. The van der Waals surface area contributed by atoms with Gasteiger partial charge in [0.25, 0.3) is 0 Å². The Morgan fingerprint density at radius 3 is 2.40 bits per heavy atom. The summed E-state index contributed by atoms with van der Waals surface area (Å²) in [5.74, 6) is 0. The molecule has 0 amide bonds. The van der Waals surface area contributed by atoms with E-state index in [-0.39, 0.29) is 5.16 Å². The topological polar surface area (TPSA) is 12.9 Å². The summed E-state index contributed by atoms with van der Waals surface area (Å²) in [7, 11) is 2.77. The Hall–Kier alpha value is -0.420. The minimum atomic E-state index is 0.0985. The summed E-state index contributed by atoms with van der Waals surface area (Å²) >= 11 is 0. The third-order valence-electron chi connectivity index (χ3n) is 1.33. The zero-order chi connectivity index (χ0) is 7.61.